The molecule has 0 radical (unpaired) electrons. The van der Waals surface area contributed by atoms with Crippen LogP contribution in [0.3, 0.4) is 0 Å². The number of ether oxygens (including phenoxy) is 1. The summed E-state index contributed by atoms with van der Waals surface area (Å²) in [5.74, 6) is 0.972. The van der Waals surface area contributed by atoms with E-state index in [1.165, 1.54) is 44.9 Å². The summed E-state index contributed by atoms with van der Waals surface area (Å²) in [4.78, 5) is 0. The smallest absolute Gasteiger partial charge is 0.245 e. The van der Waals surface area contributed by atoms with Crippen LogP contribution >= 0.6 is 0 Å². The number of unbranched alkanes of at least 4 members (excludes halogenated alkanes) is 7. The molecule has 6 heteroatoms. The highest BCUT2D eigenvalue weighted by molar-refractivity contribution is 7.85. The third-order valence-corrected chi connectivity index (χ3v) is 4.67. The van der Waals surface area contributed by atoms with Gasteiger partial charge in [-0.25, -0.2) is 4.21 Å². The fourth-order valence-electron chi connectivity index (χ4n) is 2.67. The molecule has 1 heterocycles. The van der Waals surface area contributed by atoms with Gasteiger partial charge in [-0.1, -0.05) is 57.9 Å². The van der Waals surface area contributed by atoms with Crippen molar-refractivity contribution < 1.29 is 8.95 Å². The lowest BCUT2D eigenvalue weighted by molar-refractivity contribution is 0.304. The molecular formula is C17H27N3O2S. The van der Waals surface area contributed by atoms with Crippen molar-refractivity contribution in [3.63, 3.8) is 0 Å². The Hall–Kier alpha value is -1.56. The van der Waals surface area contributed by atoms with Gasteiger partial charge >= 0.3 is 0 Å². The number of fused-ring (bicyclic) bond motifs is 1. The topological polar surface area (TPSA) is 76.7 Å². The highest BCUT2D eigenvalue weighted by Crippen LogP contribution is 2.29. The molecule has 1 aromatic carbocycles. The first kappa shape index (κ1) is 17.8. The van der Waals surface area contributed by atoms with E-state index in [0.717, 1.165) is 6.42 Å². The minimum atomic E-state index is -1.50. The summed E-state index contributed by atoms with van der Waals surface area (Å²) in [6, 6.07) is 5.57. The predicted octanol–water partition coefficient (Wildman–Crippen LogP) is 3.92. The lowest BCUT2D eigenvalue weighted by Gasteiger charge is -2.18. The molecule has 23 heavy (non-hydrogen) atoms. The normalized spacial score (nSPS) is 16.4. The van der Waals surface area contributed by atoms with Crippen LogP contribution in [0.1, 0.15) is 63.9 Å². The number of nitrogens with zero attached hydrogens (tertiary/aromatic N) is 1. The number of benzene rings is 1. The summed E-state index contributed by atoms with van der Waals surface area (Å²) < 4.78 is 24.0. The number of hydrogen-bond acceptors (Lipinski definition) is 3. The maximum Gasteiger partial charge on any atom is 0.245 e. The van der Waals surface area contributed by atoms with Crippen molar-refractivity contribution in [1.29, 1.82) is 0 Å². The molecular weight excluding hydrogens is 310 g/mol. The minimum Gasteiger partial charge on any atom is -0.493 e. The second-order valence-corrected chi connectivity index (χ2v) is 6.71. The molecule has 1 aliphatic heterocycles. The first-order valence-electron chi connectivity index (χ1n) is 8.51. The van der Waals surface area contributed by atoms with Crippen LogP contribution in [-0.4, -0.2) is 16.7 Å². The second kappa shape index (κ2) is 9.55. The molecule has 2 rings (SSSR count). The summed E-state index contributed by atoms with van der Waals surface area (Å²) in [6.45, 7) is 2.91. The van der Waals surface area contributed by atoms with Gasteiger partial charge in [0.15, 0.2) is 0 Å². The molecule has 0 aromatic heterocycles. The average molecular weight is 337 g/mol. The second-order valence-electron chi connectivity index (χ2n) is 5.83. The Morgan fingerprint density at radius 3 is 2.57 bits per heavy atom. The van der Waals surface area contributed by atoms with Crippen LogP contribution < -0.4 is 15.2 Å². The number of nitrogens with two attached hydrogens (primary N) is 1. The molecule has 0 amide bonds. The number of rotatable bonds is 10. The number of anilines is 1. The fourth-order valence-corrected chi connectivity index (χ4v) is 3.34. The van der Waals surface area contributed by atoms with Gasteiger partial charge in [-0.3, -0.25) is 4.72 Å². The number of amidine groups is 1. The van der Waals surface area contributed by atoms with Gasteiger partial charge < -0.3 is 10.5 Å². The lowest BCUT2D eigenvalue weighted by Crippen LogP contribution is -2.24. The number of hydrogen-bond donors (Lipinski definition) is 2. The SMILES string of the molecule is CCCCCCCCCCOc1cccc2c1C(N)=NS(=O)N2. The summed E-state index contributed by atoms with van der Waals surface area (Å²) in [6.07, 6.45) is 10.2. The van der Waals surface area contributed by atoms with Crippen molar-refractivity contribution in [3.8, 4) is 5.75 Å². The van der Waals surface area contributed by atoms with Gasteiger partial charge in [-0.15, -0.1) is 0 Å². The quantitative estimate of drug-likeness (QED) is 0.635. The Bertz CT molecular complexity index is 561. The molecule has 128 valence electrons. The van der Waals surface area contributed by atoms with Crippen LogP contribution in [-0.2, 0) is 11.2 Å². The van der Waals surface area contributed by atoms with E-state index in [0.29, 0.717) is 23.6 Å². The summed E-state index contributed by atoms with van der Waals surface area (Å²) >= 11 is -1.50. The summed E-state index contributed by atoms with van der Waals surface area (Å²) in [5.41, 5.74) is 7.31. The molecule has 0 aliphatic carbocycles. The first-order chi connectivity index (χ1) is 11.2. The Morgan fingerprint density at radius 2 is 1.83 bits per heavy atom. The molecule has 1 atom stereocenters. The van der Waals surface area contributed by atoms with Gasteiger partial charge in [0.05, 0.1) is 17.9 Å². The highest BCUT2D eigenvalue weighted by Gasteiger charge is 2.19. The Morgan fingerprint density at radius 1 is 1.13 bits per heavy atom. The standard InChI is InChI=1S/C17H27N3O2S/c1-2-3-4-5-6-7-8-9-13-22-15-12-10-11-14-16(15)17(18)20-23(21)19-14/h10-12,19H,2-9,13H2,1H3,(H2,18,20). The van der Waals surface area contributed by atoms with Crippen LogP contribution in [0.2, 0.25) is 0 Å². The molecule has 1 unspecified atom stereocenters. The highest BCUT2D eigenvalue weighted by atomic mass is 32.2. The molecule has 0 bridgehead atoms. The zero-order chi connectivity index (χ0) is 16.5. The fraction of sp³-hybridized carbons (Fsp3) is 0.588. The van der Waals surface area contributed by atoms with Crippen LogP contribution in [0.25, 0.3) is 0 Å². The monoisotopic (exact) mass is 337 g/mol. The number of nitrogens with one attached hydrogen (secondary N) is 1. The van der Waals surface area contributed by atoms with E-state index in [9.17, 15) is 4.21 Å². The molecule has 0 fully saturated rings. The maximum atomic E-state index is 11.5. The van der Waals surface area contributed by atoms with E-state index >= 15 is 0 Å². The van der Waals surface area contributed by atoms with Gasteiger partial charge in [0, 0.05) is 0 Å². The van der Waals surface area contributed by atoms with Gasteiger partial charge in [-0.05, 0) is 18.6 Å². The van der Waals surface area contributed by atoms with E-state index < -0.39 is 11.2 Å². The molecule has 1 aliphatic rings. The largest absolute Gasteiger partial charge is 0.493 e. The minimum absolute atomic E-state index is 0.267. The maximum absolute atomic E-state index is 11.5. The van der Waals surface area contributed by atoms with Gasteiger partial charge in [0.25, 0.3) is 0 Å². The van der Waals surface area contributed by atoms with Crippen molar-refractivity contribution in [2.24, 2.45) is 10.1 Å². The van der Waals surface area contributed by atoms with Crippen LogP contribution in [0.4, 0.5) is 5.69 Å². The Kier molecular flexibility index (Phi) is 7.39. The van der Waals surface area contributed by atoms with Gasteiger partial charge in [0.1, 0.15) is 11.6 Å². The first-order valence-corrected chi connectivity index (χ1v) is 9.62. The van der Waals surface area contributed by atoms with E-state index in [-0.39, 0.29) is 5.84 Å². The third-order valence-electron chi connectivity index (χ3n) is 3.92. The molecule has 0 saturated heterocycles. The lowest BCUT2D eigenvalue weighted by atomic mass is 10.1. The molecule has 0 spiro atoms. The van der Waals surface area contributed by atoms with Crippen molar-refractivity contribution in [3.05, 3.63) is 23.8 Å². The van der Waals surface area contributed by atoms with Crippen molar-refractivity contribution in [2.45, 2.75) is 58.3 Å². The Labute approximate surface area is 141 Å². The third kappa shape index (κ3) is 5.53. The van der Waals surface area contributed by atoms with Crippen molar-refractivity contribution >= 4 is 22.7 Å². The van der Waals surface area contributed by atoms with E-state index in [2.05, 4.69) is 16.0 Å². The summed E-state index contributed by atoms with van der Waals surface area (Å²) in [7, 11) is 0. The molecule has 5 nitrogen and oxygen atoms in total. The molecule has 3 N–H and O–H groups in total. The zero-order valence-corrected chi connectivity index (χ0v) is 14.7. The average Bonchev–Trinajstić information content (AvgIpc) is 2.52. The Balaban J connectivity index is 1.73. The summed E-state index contributed by atoms with van der Waals surface area (Å²) in [5, 5.41) is 0. The predicted molar refractivity (Wildman–Crippen MR) is 97.0 cm³/mol. The molecule has 1 aromatic rings. The van der Waals surface area contributed by atoms with E-state index in [4.69, 9.17) is 10.5 Å². The van der Waals surface area contributed by atoms with E-state index in [1.54, 1.807) is 0 Å². The van der Waals surface area contributed by atoms with Gasteiger partial charge in [0.2, 0.25) is 11.2 Å². The molecule has 0 saturated carbocycles. The van der Waals surface area contributed by atoms with Gasteiger partial charge in [-0.2, -0.15) is 4.40 Å². The van der Waals surface area contributed by atoms with Crippen LogP contribution in [0, 0.1) is 0 Å². The van der Waals surface area contributed by atoms with Crippen molar-refractivity contribution in [1.82, 2.24) is 0 Å². The van der Waals surface area contributed by atoms with Crippen molar-refractivity contribution in [2.75, 3.05) is 11.3 Å². The van der Waals surface area contributed by atoms with E-state index in [1.807, 2.05) is 18.2 Å². The van der Waals surface area contributed by atoms with Crippen LogP contribution in [0.5, 0.6) is 5.75 Å². The zero-order valence-electron chi connectivity index (χ0n) is 13.8. The van der Waals surface area contributed by atoms with Crippen LogP contribution in [0.15, 0.2) is 22.6 Å².